The van der Waals surface area contributed by atoms with E-state index in [2.05, 4.69) is 48.5 Å². The summed E-state index contributed by atoms with van der Waals surface area (Å²) in [5.41, 5.74) is 2.72. The lowest BCUT2D eigenvalue weighted by atomic mass is 10.0. The molecule has 1 saturated heterocycles. The normalized spacial score (nSPS) is 16.4. The average molecular weight is 190 g/mol. The van der Waals surface area contributed by atoms with Crippen molar-refractivity contribution in [3.63, 3.8) is 0 Å². The minimum Gasteiger partial charge on any atom is -0.374 e. The largest absolute Gasteiger partial charge is 0.374 e. The second-order valence-corrected chi connectivity index (χ2v) is 4.19. The van der Waals surface area contributed by atoms with Crippen molar-refractivity contribution in [1.82, 2.24) is 5.32 Å². The predicted molar refractivity (Wildman–Crippen MR) is 60.8 cm³/mol. The molecule has 14 heavy (non-hydrogen) atoms. The summed E-state index contributed by atoms with van der Waals surface area (Å²) < 4.78 is 0. The summed E-state index contributed by atoms with van der Waals surface area (Å²) in [6, 6.07) is 8.57. The van der Waals surface area contributed by atoms with Gasteiger partial charge in [-0.2, -0.15) is 0 Å². The minimum atomic E-state index is 0.833. The van der Waals surface area contributed by atoms with Crippen LogP contribution in [0.2, 0.25) is 0 Å². The quantitative estimate of drug-likeness (QED) is 0.779. The van der Waals surface area contributed by atoms with Gasteiger partial charge in [-0.05, 0) is 18.6 Å². The molecule has 76 valence electrons. The van der Waals surface area contributed by atoms with E-state index >= 15 is 0 Å². The first-order valence-electron chi connectivity index (χ1n) is 5.25. The van der Waals surface area contributed by atoms with Crippen LogP contribution < -0.4 is 10.2 Å². The predicted octanol–water partition coefficient (Wildman–Crippen LogP) is 1.65. The number of aryl methyl sites for hydroxylation is 1. The molecule has 0 aromatic heterocycles. The van der Waals surface area contributed by atoms with Gasteiger partial charge in [0, 0.05) is 38.3 Å². The number of hydrogen-bond donors (Lipinski definition) is 1. The second-order valence-electron chi connectivity index (χ2n) is 4.19. The number of nitrogens with one attached hydrogen (secondary N) is 1. The number of para-hydroxylation sites is 1. The first kappa shape index (κ1) is 9.53. The van der Waals surface area contributed by atoms with Crippen LogP contribution in [0.5, 0.6) is 0 Å². The van der Waals surface area contributed by atoms with Crippen molar-refractivity contribution < 1.29 is 0 Å². The molecule has 2 nitrogen and oxygen atoms in total. The first-order chi connectivity index (χ1) is 6.77. The molecular formula is C12H18N2. The highest BCUT2D eigenvalue weighted by Gasteiger charge is 2.18. The highest BCUT2D eigenvalue weighted by molar-refractivity contribution is 5.52. The van der Waals surface area contributed by atoms with Gasteiger partial charge < -0.3 is 10.2 Å². The highest BCUT2D eigenvalue weighted by Crippen LogP contribution is 2.19. The monoisotopic (exact) mass is 190 g/mol. The Hall–Kier alpha value is -1.02. The third kappa shape index (κ3) is 1.90. The molecule has 1 fully saturated rings. The van der Waals surface area contributed by atoms with E-state index in [1.807, 2.05) is 0 Å². The molecular weight excluding hydrogens is 172 g/mol. The molecule has 0 saturated carbocycles. The fourth-order valence-corrected chi connectivity index (χ4v) is 1.95. The molecule has 1 aromatic carbocycles. The molecule has 2 rings (SSSR count). The van der Waals surface area contributed by atoms with Crippen LogP contribution in [0.3, 0.4) is 0 Å². The Labute approximate surface area is 85.9 Å². The lowest BCUT2D eigenvalue weighted by Crippen LogP contribution is -2.47. The van der Waals surface area contributed by atoms with Crippen LogP contribution in [0.1, 0.15) is 5.56 Å². The summed E-state index contributed by atoms with van der Waals surface area (Å²) in [6.07, 6.45) is 0. The summed E-state index contributed by atoms with van der Waals surface area (Å²) >= 11 is 0. The van der Waals surface area contributed by atoms with Gasteiger partial charge >= 0.3 is 0 Å². The van der Waals surface area contributed by atoms with Crippen LogP contribution in [-0.4, -0.2) is 26.7 Å². The zero-order valence-electron chi connectivity index (χ0n) is 8.96. The minimum absolute atomic E-state index is 0.833. The molecule has 1 heterocycles. The number of hydrogen-bond acceptors (Lipinski definition) is 2. The van der Waals surface area contributed by atoms with Gasteiger partial charge in [-0.25, -0.2) is 0 Å². The summed E-state index contributed by atoms with van der Waals surface area (Å²) in [4.78, 5) is 2.36. The van der Waals surface area contributed by atoms with Gasteiger partial charge in [-0.1, -0.05) is 18.2 Å². The van der Waals surface area contributed by atoms with E-state index in [0.717, 1.165) is 12.5 Å². The van der Waals surface area contributed by atoms with E-state index in [0.29, 0.717) is 0 Å². The van der Waals surface area contributed by atoms with Crippen molar-refractivity contribution in [3.05, 3.63) is 29.8 Å². The van der Waals surface area contributed by atoms with Crippen molar-refractivity contribution in [1.29, 1.82) is 0 Å². The van der Waals surface area contributed by atoms with E-state index in [1.165, 1.54) is 24.3 Å². The van der Waals surface area contributed by atoms with Gasteiger partial charge in [0.15, 0.2) is 0 Å². The lowest BCUT2D eigenvalue weighted by Gasteiger charge is -2.32. The van der Waals surface area contributed by atoms with Gasteiger partial charge in [-0.15, -0.1) is 0 Å². The van der Waals surface area contributed by atoms with Crippen molar-refractivity contribution >= 4 is 5.69 Å². The van der Waals surface area contributed by atoms with Gasteiger partial charge in [0.2, 0.25) is 0 Å². The van der Waals surface area contributed by atoms with Crippen molar-refractivity contribution in [2.24, 2.45) is 5.92 Å². The Bertz CT molecular complexity index is 305. The van der Waals surface area contributed by atoms with Crippen LogP contribution in [0, 0.1) is 12.8 Å². The molecule has 0 unspecified atom stereocenters. The van der Waals surface area contributed by atoms with Crippen molar-refractivity contribution in [2.75, 3.05) is 31.6 Å². The Morgan fingerprint density at radius 3 is 2.64 bits per heavy atom. The smallest absolute Gasteiger partial charge is 0.0393 e. The molecule has 0 bridgehead atoms. The summed E-state index contributed by atoms with van der Waals surface area (Å²) in [5.74, 6) is 0.833. The highest BCUT2D eigenvalue weighted by atomic mass is 15.1. The molecule has 1 aromatic rings. The molecule has 0 radical (unpaired) electrons. The van der Waals surface area contributed by atoms with Gasteiger partial charge in [0.05, 0.1) is 0 Å². The maximum atomic E-state index is 3.31. The summed E-state index contributed by atoms with van der Waals surface area (Å²) in [7, 11) is 2.18. The van der Waals surface area contributed by atoms with E-state index < -0.39 is 0 Å². The van der Waals surface area contributed by atoms with E-state index in [4.69, 9.17) is 0 Å². The number of nitrogens with zero attached hydrogens (tertiary/aromatic N) is 1. The van der Waals surface area contributed by atoms with Crippen LogP contribution in [0.25, 0.3) is 0 Å². The summed E-state index contributed by atoms with van der Waals surface area (Å²) in [6.45, 7) is 5.69. The van der Waals surface area contributed by atoms with E-state index in [1.54, 1.807) is 0 Å². The van der Waals surface area contributed by atoms with E-state index in [9.17, 15) is 0 Å². The maximum Gasteiger partial charge on any atom is 0.0393 e. The first-order valence-corrected chi connectivity index (χ1v) is 5.25. The van der Waals surface area contributed by atoms with Crippen LogP contribution in [0.15, 0.2) is 24.3 Å². The zero-order chi connectivity index (χ0) is 9.97. The van der Waals surface area contributed by atoms with Crippen molar-refractivity contribution in [2.45, 2.75) is 6.92 Å². The van der Waals surface area contributed by atoms with Gasteiger partial charge in [0.1, 0.15) is 0 Å². The fraction of sp³-hybridized carbons (Fsp3) is 0.500. The fourth-order valence-electron chi connectivity index (χ4n) is 1.95. The number of benzene rings is 1. The Morgan fingerprint density at radius 1 is 1.36 bits per heavy atom. The average Bonchev–Trinajstić information content (AvgIpc) is 2.12. The number of anilines is 1. The summed E-state index contributed by atoms with van der Waals surface area (Å²) in [5, 5.41) is 3.31. The van der Waals surface area contributed by atoms with Crippen LogP contribution in [0.4, 0.5) is 5.69 Å². The third-order valence-corrected chi connectivity index (χ3v) is 2.92. The molecule has 0 amide bonds. The van der Waals surface area contributed by atoms with Gasteiger partial charge in [0.25, 0.3) is 0 Å². The zero-order valence-corrected chi connectivity index (χ0v) is 8.96. The molecule has 0 spiro atoms. The number of rotatable bonds is 3. The van der Waals surface area contributed by atoms with E-state index in [-0.39, 0.29) is 0 Å². The standard InChI is InChI=1S/C12H18N2/c1-10-5-3-4-6-12(10)14(2)9-11-7-13-8-11/h3-6,11,13H,7-9H2,1-2H3. The molecule has 0 atom stereocenters. The lowest BCUT2D eigenvalue weighted by molar-refractivity contribution is 0.353. The van der Waals surface area contributed by atoms with Gasteiger partial charge in [-0.3, -0.25) is 0 Å². The Balaban J connectivity index is 2.02. The van der Waals surface area contributed by atoms with Crippen LogP contribution >= 0.6 is 0 Å². The SMILES string of the molecule is Cc1ccccc1N(C)CC1CNC1. The Morgan fingerprint density at radius 2 is 2.07 bits per heavy atom. The Kier molecular flexibility index (Phi) is 2.73. The topological polar surface area (TPSA) is 15.3 Å². The second kappa shape index (κ2) is 4.01. The maximum absolute atomic E-state index is 3.31. The molecule has 1 aliphatic heterocycles. The third-order valence-electron chi connectivity index (χ3n) is 2.92. The van der Waals surface area contributed by atoms with Crippen molar-refractivity contribution in [3.8, 4) is 0 Å². The van der Waals surface area contributed by atoms with Crippen LogP contribution in [-0.2, 0) is 0 Å². The molecule has 1 N–H and O–H groups in total. The molecule has 1 aliphatic rings. The molecule has 0 aliphatic carbocycles. The molecule has 2 heteroatoms.